The second kappa shape index (κ2) is 9.09. The predicted molar refractivity (Wildman–Crippen MR) is 109 cm³/mol. The van der Waals surface area contributed by atoms with Crippen molar-refractivity contribution >= 4 is 23.2 Å². The largest absolute Gasteiger partial charge is 0.489 e. The van der Waals surface area contributed by atoms with E-state index >= 15 is 0 Å². The first-order valence-electron chi connectivity index (χ1n) is 8.56. The van der Waals surface area contributed by atoms with Crippen LogP contribution in [0.15, 0.2) is 72.8 Å². The van der Waals surface area contributed by atoms with Gasteiger partial charge in [0.25, 0.3) is 0 Å². The molecular weight excluding hydrogens is 365 g/mol. The van der Waals surface area contributed by atoms with Crippen molar-refractivity contribution in [3.8, 4) is 5.75 Å². The minimum Gasteiger partial charge on any atom is -0.489 e. The summed E-state index contributed by atoms with van der Waals surface area (Å²) in [5, 5.41) is 4.64. The van der Waals surface area contributed by atoms with Crippen LogP contribution in [-0.2, 0) is 13.2 Å². The van der Waals surface area contributed by atoms with Crippen LogP contribution < -0.4 is 10.1 Å². The van der Waals surface area contributed by atoms with E-state index in [9.17, 15) is 0 Å². The van der Waals surface area contributed by atoms with Gasteiger partial charge in [-0.3, -0.25) is 0 Å². The Morgan fingerprint density at radius 2 is 1.62 bits per heavy atom. The van der Waals surface area contributed by atoms with Crippen LogP contribution in [0.2, 0.25) is 10.0 Å². The van der Waals surface area contributed by atoms with Gasteiger partial charge in [-0.2, -0.15) is 0 Å². The summed E-state index contributed by atoms with van der Waals surface area (Å²) < 4.78 is 6.01. The molecule has 0 fully saturated rings. The van der Waals surface area contributed by atoms with Gasteiger partial charge in [0, 0.05) is 18.2 Å². The molecule has 0 aliphatic carbocycles. The van der Waals surface area contributed by atoms with Crippen molar-refractivity contribution in [1.82, 2.24) is 5.32 Å². The molecule has 2 nitrogen and oxygen atoms in total. The van der Waals surface area contributed by atoms with Crippen LogP contribution in [0.4, 0.5) is 0 Å². The third kappa shape index (κ3) is 5.01. The Labute approximate surface area is 164 Å². The molecule has 26 heavy (non-hydrogen) atoms. The fourth-order valence-electron chi connectivity index (χ4n) is 2.70. The third-order valence-electron chi connectivity index (χ3n) is 4.25. The topological polar surface area (TPSA) is 21.3 Å². The molecule has 0 amide bonds. The predicted octanol–water partition coefficient (Wildman–Crippen LogP) is 6.42. The van der Waals surface area contributed by atoms with Crippen molar-refractivity contribution in [1.29, 1.82) is 0 Å². The van der Waals surface area contributed by atoms with E-state index in [2.05, 4.69) is 42.6 Å². The Morgan fingerprint density at radius 3 is 2.38 bits per heavy atom. The molecule has 1 unspecified atom stereocenters. The van der Waals surface area contributed by atoms with Crippen molar-refractivity contribution in [3.05, 3.63) is 99.5 Å². The monoisotopic (exact) mass is 385 g/mol. The maximum Gasteiger partial charge on any atom is 0.124 e. The summed E-state index contributed by atoms with van der Waals surface area (Å²) in [6, 6.07) is 24.3. The summed E-state index contributed by atoms with van der Waals surface area (Å²) in [5.74, 6) is 0.867. The lowest BCUT2D eigenvalue weighted by Gasteiger charge is -2.17. The zero-order valence-corrected chi connectivity index (χ0v) is 16.1. The van der Waals surface area contributed by atoms with Crippen LogP contribution in [-0.4, -0.2) is 0 Å². The molecule has 0 bridgehead atoms. The number of rotatable bonds is 7. The zero-order chi connectivity index (χ0) is 18.4. The number of benzene rings is 3. The van der Waals surface area contributed by atoms with E-state index < -0.39 is 0 Å². The van der Waals surface area contributed by atoms with E-state index in [1.165, 1.54) is 5.56 Å². The van der Waals surface area contributed by atoms with Crippen molar-refractivity contribution in [3.63, 3.8) is 0 Å². The fraction of sp³-hybridized carbons (Fsp3) is 0.182. The molecule has 3 aromatic rings. The molecule has 3 aromatic carbocycles. The van der Waals surface area contributed by atoms with Crippen molar-refractivity contribution in [2.45, 2.75) is 26.1 Å². The van der Waals surface area contributed by atoms with Gasteiger partial charge in [0.2, 0.25) is 0 Å². The Bertz CT molecular complexity index is 852. The van der Waals surface area contributed by atoms with E-state index in [1.54, 1.807) is 6.07 Å². The van der Waals surface area contributed by atoms with Crippen LogP contribution in [0.3, 0.4) is 0 Å². The molecule has 0 saturated heterocycles. The lowest BCUT2D eigenvalue weighted by atomic mass is 10.1. The Balaban J connectivity index is 1.63. The molecule has 0 aliphatic rings. The third-order valence-corrected chi connectivity index (χ3v) is 4.99. The van der Waals surface area contributed by atoms with Gasteiger partial charge < -0.3 is 10.1 Å². The minimum absolute atomic E-state index is 0.263. The first-order valence-corrected chi connectivity index (χ1v) is 9.32. The number of halogens is 2. The van der Waals surface area contributed by atoms with Crippen LogP contribution in [0.25, 0.3) is 0 Å². The van der Waals surface area contributed by atoms with Gasteiger partial charge in [0.05, 0.1) is 10.0 Å². The molecule has 0 heterocycles. The molecule has 134 valence electrons. The number of nitrogens with one attached hydrogen (secondary N) is 1. The lowest BCUT2D eigenvalue weighted by molar-refractivity contribution is 0.301. The molecular formula is C22H21Cl2NO. The fourth-order valence-corrected chi connectivity index (χ4v) is 3.02. The van der Waals surface area contributed by atoms with Gasteiger partial charge in [-0.15, -0.1) is 0 Å². The molecule has 0 spiro atoms. The van der Waals surface area contributed by atoms with E-state index in [0.717, 1.165) is 23.4 Å². The van der Waals surface area contributed by atoms with E-state index in [-0.39, 0.29) is 6.04 Å². The van der Waals surface area contributed by atoms with E-state index in [4.69, 9.17) is 27.9 Å². The SMILES string of the molecule is CC(NCc1ccccc1OCc1ccc(Cl)c(Cl)c1)c1ccccc1. The number of ether oxygens (including phenoxy) is 1. The maximum atomic E-state index is 6.07. The average Bonchev–Trinajstić information content (AvgIpc) is 2.68. The molecule has 1 N–H and O–H groups in total. The Morgan fingerprint density at radius 1 is 0.885 bits per heavy atom. The van der Waals surface area contributed by atoms with Crippen LogP contribution in [0, 0.1) is 0 Å². The highest BCUT2D eigenvalue weighted by Gasteiger charge is 2.08. The molecule has 4 heteroatoms. The summed E-state index contributed by atoms with van der Waals surface area (Å²) in [4.78, 5) is 0. The van der Waals surface area contributed by atoms with Gasteiger partial charge in [-0.1, -0.05) is 77.8 Å². The summed E-state index contributed by atoms with van der Waals surface area (Å²) in [5.41, 5.74) is 3.37. The van der Waals surface area contributed by atoms with E-state index in [1.807, 2.05) is 36.4 Å². The summed E-state index contributed by atoms with van der Waals surface area (Å²) >= 11 is 12.0. The van der Waals surface area contributed by atoms with Crippen LogP contribution in [0.1, 0.15) is 29.7 Å². The first kappa shape index (κ1) is 18.8. The quantitative estimate of drug-likeness (QED) is 0.506. The smallest absolute Gasteiger partial charge is 0.124 e. The second-order valence-corrected chi connectivity index (χ2v) is 6.97. The van der Waals surface area contributed by atoms with Crippen molar-refractivity contribution in [2.24, 2.45) is 0 Å². The zero-order valence-electron chi connectivity index (χ0n) is 14.6. The van der Waals surface area contributed by atoms with Gasteiger partial charge >= 0.3 is 0 Å². The Kier molecular flexibility index (Phi) is 6.56. The van der Waals surface area contributed by atoms with E-state index in [0.29, 0.717) is 16.7 Å². The average molecular weight is 386 g/mol. The van der Waals surface area contributed by atoms with Gasteiger partial charge in [0.1, 0.15) is 12.4 Å². The molecule has 1 atom stereocenters. The molecule has 0 aromatic heterocycles. The van der Waals surface area contributed by atoms with Gasteiger partial charge in [-0.05, 0) is 36.2 Å². The van der Waals surface area contributed by atoms with Crippen LogP contribution >= 0.6 is 23.2 Å². The first-order chi connectivity index (χ1) is 12.6. The standard InChI is InChI=1S/C22H21Cl2NO/c1-16(18-7-3-2-4-8-18)25-14-19-9-5-6-10-22(19)26-15-17-11-12-20(23)21(24)13-17/h2-13,16,25H,14-15H2,1H3. The van der Waals surface area contributed by atoms with Crippen molar-refractivity contribution in [2.75, 3.05) is 0 Å². The summed E-state index contributed by atoms with van der Waals surface area (Å²) in [7, 11) is 0. The normalized spacial score (nSPS) is 12.0. The maximum absolute atomic E-state index is 6.07. The van der Waals surface area contributed by atoms with Crippen LogP contribution in [0.5, 0.6) is 5.75 Å². The summed E-state index contributed by atoms with van der Waals surface area (Å²) in [6.45, 7) is 3.34. The lowest BCUT2D eigenvalue weighted by Crippen LogP contribution is -2.18. The van der Waals surface area contributed by atoms with Gasteiger partial charge in [0.15, 0.2) is 0 Å². The summed E-state index contributed by atoms with van der Waals surface area (Å²) in [6.07, 6.45) is 0. The molecule has 0 saturated carbocycles. The minimum atomic E-state index is 0.263. The highest BCUT2D eigenvalue weighted by Crippen LogP contribution is 2.25. The number of para-hydroxylation sites is 1. The van der Waals surface area contributed by atoms with Crippen molar-refractivity contribution < 1.29 is 4.74 Å². The molecule has 3 rings (SSSR count). The second-order valence-electron chi connectivity index (χ2n) is 6.16. The molecule has 0 aliphatic heterocycles. The molecule has 0 radical (unpaired) electrons. The number of hydrogen-bond acceptors (Lipinski definition) is 2. The Hall–Kier alpha value is -2.00. The number of hydrogen-bond donors (Lipinski definition) is 1. The highest BCUT2D eigenvalue weighted by atomic mass is 35.5. The van der Waals surface area contributed by atoms with Gasteiger partial charge in [-0.25, -0.2) is 0 Å². The highest BCUT2D eigenvalue weighted by molar-refractivity contribution is 6.42.